The van der Waals surface area contributed by atoms with Gasteiger partial charge in [-0.3, -0.25) is 0 Å². The van der Waals surface area contributed by atoms with Crippen molar-refractivity contribution in [2.24, 2.45) is 0 Å². The molecule has 6 nitrogen and oxygen atoms in total. The molecule has 0 bridgehead atoms. The first kappa shape index (κ1) is 19.7. The largest absolute Gasteiger partial charge is 0.396 e. The van der Waals surface area contributed by atoms with Crippen molar-refractivity contribution in [3.05, 3.63) is 69.3 Å². The van der Waals surface area contributed by atoms with Crippen LogP contribution in [0.25, 0.3) is 10.9 Å². The summed E-state index contributed by atoms with van der Waals surface area (Å²) in [4.78, 5) is 3.27. The second-order valence-corrected chi connectivity index (χ2v) is 9.40. The van der Waals surface area contributed by atoms with Crippen LogP contribution in [0.3, 0.4) is 0 Å². The van der Waals surface area contributed by atoms with Gasteiger partial charge >= 0.3 is 0 Å². The first-order chi connectivity index (χ1) is 13.4. The molecule has 1 aliphatic rings. The zero-order chi connectivity index (χ0) is 19.9. The number of halogens is 2. The van der Waals surface area contributed by atoms with Crippen molar-refractivity contribution in [3.63, 3.8) is 0 Å². The number of H-pyrrole nitrogens is 1. The average molecular weight is 440 g/mol. The molecule has 28 heavy (non-hydrogen) atoms. The van der Waals surface area contributed by atoms with Crippen molar-refractivity contribution in [1.29, 1.82) is 0 Å². The number of aromatic amines is 1. The molecule has 148 valence electrons. The Morgan fingerprint density at radius 2 is 2.00 bits per heavy atom. The zero-order valence-corrected chi connectivity index (χ0v) is 17.2. The zero-order valence-electron chi connectivity index (χ0n) is 14.8. The highest BCUT2D eigenvalue weighted by Gasteiger charge is 2.34. The summed E-state index contributed by atoms with van der Waals surface area (Å²) in [6.45, 7) is 0.303. The van der Waals surface area contributed by atoms with Crippen LogP contribution in [0.4, 0.5) is 0 Å². The molecular formula is C19H19Cl2N3O3S. The van der Waals surface area contributed by atoms with Crippen LogP contribution in [0.2, 0.25) is 10.0 Å². The maximum Gasteiger partial charge on any atom is 0.280 e. The van der Waals surface area contributed by atoms with E-state index in [9.17, 15) is 13.5 Å². The Balaban J connectivity index is 1.61. The minimum atomic E-state index is -3.76. The topological polar surface area (TPSA) is 85.4 Å². The van der Waals surface area contributed by atoms with Crippen LogP contribution in [-0.4, -0.2) is 36.0 Å². The molecule has 2 heterocycles. The molecule has 1 unspecified atom stereocenters. The fraction of sp³-hybridized carbons (Fsp3) is 0.263. The van der Waals surface area contributed by atoms with E-state index in [0.717, 1.165) is 22.2 Å². The number of hydrogen-bond donors (Lipinski definition) is 3. The highest BCUT2D eigenvalue weighted by molar-refractivity contribution is 7.87. The minimum Gasteiger partial charge on any atom is -0.396 e. The van der Waals surface area contributed by atoms with Crippen LogP contribution in [0.1, 0.15) is 22.7 Å². The normalized spacial score (nSPS) is 17.8. The van der Waals surface area contributed by atoms with Gasteiger partial charge in [-0.2, -0.15) is 17.4 Å². The van der Waals surface area contributed by atoms with Crippen molar-refractivity contribution in [1.82, 2.24) is 14.0 Å². The number of benzene rings is 2. The molecule has 1 atom stereocenters. The number of hydrogen-bond acceptors (Lipinski definition) is 3. The third-order valence-corrected chi connectivity index (χ3v) is 7.08. The quantitative estimate of drug-likeness (QED) is 0.569. The lowest BCUT2D eigenvalue weighted by Crippen LogP contribution is -2.45. The second-order valence-electron chi connectivity index (χ2n) is 6.80. The van der Waals surface area contributed by atoms with Crippen LogP contribution >= 0.6 is 23.2 Å². The van der Waals surface area contributed by atoms with Gasteiger partial charge in [0.15, 0.2) is 0 Å². The van der Waals surface area contributed by atoms with E-state index in [0.29, 0.717) is 15.6 Å². The van der Waals surface area contributed by atoms with E-state index in [-0.39, 0.29) is 32.2 Å². The first-order valence-electron chi connectivity index (χ1n) is 8.78. The summed E-state index contributed by atoms with van der Waals surface area (Å²) >= 11 is 12.2. The molecule has 0 amide bonds. The highest BCUT2D eigenvalue weighted by Crippen LogP contribution is 2.36. The predicted molar refractivity (Wildman–Crippen MR) is 111 cm³/mol. The molecule has 0 aliphatic carbocycles. The molecule has 0 fully saturated rings. The molecule has 2 aromatic carbocycles. The molecule has 0 radical (unpaired) electrons. The number of nitrogens with one attached hydrogen (secondary N) is 2. The Morgan fingerprint density at radius 1 is 1.21 bits per heavy atom. The number of aliphatic hydroxyl groups excluding tert-OH is 1. The summed E-state index contributed by atoms with van der Waals surface area (Å²) in [6.07, 6.45) is 0. The fourth-order valence-electron chi connectivity index (χ4n) is 3.64. The van der Waals surface area contributed by atoms with Crippen molar-refractivity contribution in [2.75, 3.05) is 13.2 Å². The standard InChI is InChI=1S/C19H19Cl2N3O3S/c20-14-5-6-17-15(7-14)19-13(11-25)9-24(10-18(19)23-17)28(26,27)22-8-12-3-1-2-4-16(12)21/h1-7,13,22-23,25H,8-11H2. The molecule has 9 heteroatoms. The number of aromatic nitrogens is 1. The van der Waals surface area contributed by atoms with Crippen LogP contribution < -0.4 is 4.72 Å². The summed E-state index contributed by atoms with van der Waals surface area (Å²) in [5.41, 5.74) is 3.27. The fourth-order valence-corrected chi connectivity index (χ4v) is 5.21. The van der Waals surface area contributed by atoms with E-state index in [4.69, 9.17) is 23.2 Å². The number of aliphatic hydroxyl groups is 1. The number of fused-ring (bicyclic) bond motifs is 3. The molecular weight excluding hydrogens is 421 g/mol. The van der Waals surface area contributed by atoms with Crippen molar-refractivity contribution >= 4 is 44.3 Å². The van der Waals surface area contributed by atoms with Gasteiger partial charge in [0, 0.05) is 45.6 Å². The average Bonchev–Trinajstić information content (AvgIpc) is 3.04. The molecule has 0 spiro atoms. The predicted octanol–water partition coefficient (Wildman–Crippen LogP) is 3.40. The summed E-state index contributed by atoms with van der Waals surface area (Å²) in [5, 5.41) is 11.9. The van der Waals surface area contributed by atoms with Gasteiger partial charge in [-0.25, -0.2) is 0 Å². The lowest BCUT2D eigenvalue weighted by molar-refractivity contribution is 0.229. The molecule has 4 rings (SSSR count). The van der Waals surface area contributed by atoms with Crippen molar-refractivity contribution in [3.8, 4) is 0 Å². The molecule has 3 N–H and O–H groups in total. The molecule has 1 aromatic heterocycles. The third kappa shape index (κ3) is 3.66. The maximum atomic E-state index is 12.9. The Morgan fingerprint density at radius 3 is 2.75 bits per heavy atom. The Hall–Kier alpha value is -1.61. The molecule has 1 aliphatic heterocycles. The smallest absolute Gasteiger partial charge is 0.280 e. The van der Waals surface area contributed by atoms with E-state index in [1.165, 1.54) is 4.31 Å². The van der Waals surface area contributed by atoms with E-state index in [2.05, 4.69) is 9.71 Å². The third-order valence-electron chi connectivity index (χ3n) is 5.01. The van der Waals surface area contributed by atoms with Gasteiger partial charge in [0.1, 0.15) is 0 Å². The summed E-state index contributed by atoms with van der Waals surface area (Å²) in [7, 11) is -3.76. The highest BCUT2D eigenvalue weighted by atomic mass is 35.5. The molecule has 0 saturated carbocycles. The Labute approximate surface area is 173 Å². The van der Waals surface area contributed by atoms with Crippen LogP contribution in [0, 0.1) is 0 Å². The maximum absolute atomic E-state index is 12.9. The van der Waals surface area contributed by atoms with Gasteiger partial charge < -0.3 is 10.1 Å². The van der Waals surface area contributed by atoms with Crippen LogP contribution in [0.15, 0.2) is 42.5 Å². The van der Waals surface area contributed by atoms with Gasteiger partial charge in [-0.1, -0.05) is 41.4 Å². The van der Waals surface area contributed by atoms with E-state index in [1.54, 1.807) is 30.3 Å². The minimum absolute atomic E-state index is 0.0947. The van der Waals surface area contributed by atoms with Gasteiger partial charge in [-0.15, -0.1) is 0 Å². The molecule has 0 saturated heterocycles. The van der Waals surface area contributed by atoms with Gasteiger partial charge in [0.05, 0.1) is 13.2 Å². The SMILES string of the molecule is O=S(=O)(NCc1ccccc1Cl)N1Cc2[nH]c3ccc(Cl)cc3c2C(CO)C1. The van der Waals surface area contributed by atoms with Crippen molar-refractivity contribution in [2.45, 2.75) is 19.0 Å². The summed E-state index contributed by atoms with van der Waals surface area (Å²) in [5.74, 6) is -0.340. The monoisotopic (exact) mass is 439 g/mol. The number of rotatable bonds is 5. The molecule has 3 aromatic rings. The number of nitrogens with zero attached hydrogens (tertiary/aromatic N) is 1. The first-order valence-corrected chi connectivity index (χ1v) is 11.0. The van der Waals surface area contributed by atoms with Crippen molar-refractivity contribution < 1.29 is 13.5 Å². The lowest BCUT2D eigenvalue weighted by atomic mass is 9.94. The summed E-state index contributed by atoms with van der Waals surface area (Å²) < 4.78 is 29.7. The summed E-state index contributed by atoms with van der Waals surface area (Å²) in [6, 6.07) is 12.6. The van der Waals surface area contributed by atoms with Crippen LogP contribution in [0.5, 0.6) is 0 Å². The van der Waals surface area contributed by atoms with E-state index >= 15 is 0 Å². The Kier molecular flexibility index (Phi) is 5.39. The Bertz CT molecular complexity index is 1130. The van der Waals surface area contributed by atoms with Gasteiger partial charge in [0.25, 0.3) is 10.2 Å². The van der Waals surface area contributed by atoms with Gasteiger partial charge in [0.2, 0.25) is 0 Å². The lowest BCUT2D eigenvalue weighted by Gasteiger charge is -2.31. The van der Waals surface area contributed by atoms with E-state index in [1.807, 2.05) is 12.1 Å². The second kappa shape index (κ2) is 7.67. The van der Waals surface area contributed by atoms with Crippen LogP contribution in [-0.2, 0) is 23.3 Å². The van der Waals surface area contributed by atoms with Gasteiger partial charge in [-0.05, 0) is 35.4 Å². The van der Waals surface area contributed by atoms with E-state index < -0.39 is 10.2 Å².